The van der Waals surface area contributed by atoms with Crippen molar-refractivity contribution in [1.29, 1.82) is 0 Å². The SMILES string of the molecule is OC(CN1CCC(CC(F)(F)F)CC1)CC1(O)CCOCC1. The minimum Gasteiger partial charge on any atom is -0.392 e. The fourth-order valence-electron chi connectivity index (χ4n) is 3.46. The molecule has 0 spiro atoms. The second kappa shape index (κ2) is 7.47. The highest BCUT2D eigenvalue weighted by Crippen LogP contribution is 2.31. The van der Waals surface area contributed by atoms with Crippen molar-refractivity contribution >= 4 is 0 Å². The third-order valence-corrected chi connectivity index (χ3v) is 4.74. The van der Waals surface area contributed by atoms with E-state index in [0.717, 1.165) is 0 Å². The van der Waals surface area contributed by atoms with Crippen molar-refractivity contribution in [3.8, 4) is 0 Å². The summed E-state index contributed by atoms with van der Waals surface area (Å²) >= 11 is 0. The molecule has 0 saturated carbocycles. The molecule has 22 heavy (non-hydrogen) atoms. The van der Waals surface area contributed by atoms with Crippen LogP contribution in [0.1, 0.15) is 38.5 Å². The Kier molecular flexibility index (Phi) is 6.10. The van der Waals surface area contributed by atoms with Crippen molar-refractivity contribution < 1.29 is 28.1 Å². The molecule has 0 aromatic heterocycles. The van der Waals surface area contributed by atoms with Gasteiger partial charge in [0.05, 0.1) is 11.7 Å². The monoisotopic (exact) mass is 325 g/mol. The fourth-order valence-corrected chi connectivity index (χ4v) is 3.46. The van der Waals surface area contributed by atoms with E-state index in [2.05, 4.69) is 0 Å². The van der Waals surface area contributed by atoms with E-state index in [4.69, 9.17) is 4.74 Å². The van der Waals surface area contributed by atoms with Gasteiger partial charge < -0.3 is 19.8 Å². The topological polar surface area (TPSA) is 52.9 Å². The van der Waals surface area contributed by atoms with Gasteiger partial charge in [0, 0.05) is 32.6 Å². The van der Waals surface area contributed by atoms with Gasteiger partial charge in [0.25, 0.3) is 0 Å². The Morgan fingerprint density at radius 3 is 2.32 bits per heavy atom. The zero-order chi connectivity index (χ0) is 16.2. The number of nitrogens with zero attached hydrogens (tertiary/aromatic N) is 1. The van der Waals surface area contributed by atoms with Crippen LogP contribution < -0.4 is 0 Å². The number of β-amino-alcohol motifs (C(OH)–C–C–N with tert-alkyl or cyclic N) is 1. The Balaban J connectivity index is 1.69. The number of ether oxygens (including phenoxy) is 1. The van der Waals surface area contributed by atoms with Gasteiger partial charge in [0.15, 0.2) is 0 Å². The number of likely N-dealkylation sites (tertiary alicyclic amines) is 1. The van der Waals surface area contributed by atoms with Gasteiger partial charge in [-0.1, -0.05) is 0 Å². The lowest BCUT2D eigenvalue weighted by atomic mass is 9.87. The first kappa shape index (κ1) is 18.0. The molecule has 2 fully saturated rings. The zero-order valence-electron chi connectivity index (χ0n) is 12.8. The quantitative estimate of drug-likeness (QED) is 0.811. The van der Waals surface area contributed by atoms with E-state index in [0.29, 0.717) is 65.0 Å². The molecular weight excluding hydrogens is 299 g/mol. The van der Waals surface area contributed by atoms with Crippen LogP contribution in [0, 0.1) is 5.92 Å². The van der Waals surface area contributed by atoms with E-state index in [1.165, 1.54) is 0 Å². The minimum absolute atomic E-state index is 0.298. The molecule has 7 heteroatoms. The van der Waals surface area contributed by atoms with E-state index in [1.54, 1.807) is 0 Å². The average molecular weight is 325 g/mol. The van der Waals surface area contributed by atoms with Crippen LogP contribution in [-0.2, 0) is 4.74 Å². The van der Waals surface area contributed by atoms with Crippen LogP contribution in [0.5, 0.6) is 0 Å². The number of hydrogen-bond acceptors (Lipinski definition) is 4. The lowest BCUT2D eigenvalue weighted by Gasteiger charge is -2.37. The number of rotatable bonds is 5. The lowest BCUT2D eigenvalue weighted by Crippen LogP contribution is -2.44. The molecule has 2 saturated heterocycles. The highest BCUT2D eigenvalue weighted by molar-refractivity contribution is 4.85. The second-order valence-corrected chi connectivity index (χ2v) is 6.76. The number of alkyl halides is 3. The molecule has 0 bridgehead atoms. The first-order valence-electron chi connectivity index (χ1n) is 8.03. The van der Waals surface area contributed by atoms with Gasteiger partial charge >= 0.3 is 6.18 Å². The largest absolute Gasteiger partial charge is 0.392 e. The standard InChI is InChI=1S/C15H26F3NO3/c16-15(17,18)9-12-1-5-19(6-2-12)11-13(20)10-14(21)3-7-22-8-4-14/h12-13,20-21H,1-11H2. The summed E-state index contributed by atoms with van der Waals surface area (Å²) in [7, 11) is 0. The van der Waals surface area contributed by atoms with Crippen LogP contribution in [0.2, 0.25) is 0 Å². The predicted molar refractivity (Wildman–Crippen MR) is 75.5 cm³/mol. The van der Waals surface area contributed by atoms with Crippen molar-refractivity contribution in [3.63, 3.8) is 0 Å². The van der Waals surface area contributed by atoms with Crippen LogP contribution in [0.25, 0.3) is 0 Å². The van der Waals surface area contributed by atoms with Gasteiger partial charge in [0.2, 0.25) is 0 Å². The Labute approximate surface area is 129 Å². The van der Waals surface area contributed by atoms with E-state index < -0.39 is 24.3 Å². The van der Waals surface area contributed by atoms with E-state index in [1.807, 2.05) is 4.90 Å². The van der Waals surface area contributed by atoms with Gasteiger partial charge in [-0.3, -0.25) is 0 Å². The third kappa shape index (κ3) is 6.02. The van der Waals surface area contributed by atoms with E-state index in [-0.39, 0.29) is 5.92 Å². The first-order chi connectivity index (χ1) is 10.3. The fraction of sp³-hybridized carbons (Fsp3) is 1.00. The normalized spacial score (nSPS) is 26.0. The van der Waals surface area contributed by atoms with Crippen LogP contribution in [-0.4, -0.2) is 65.8 Å². The highest BCUT2D eigenvalue weighted by Gasteiger charge is 2.35. The summed E-state index contributed by atoms with van der Waals surface area (Å²) in [5.41, 5.74) is -0.869. The molecule has 0 aromatic rings. The summed E-state index contributed by atoms with van der Waals surface area (Å²) in [4.78, 5) is 2.00. The molecular formula is C15H26F3NO3. The third-order valence-electron chi connectivity index (χ3n) is 4.74. The minimum atomic E-state index is -4.08. The van der Waals surface area contributed by atoms with Gasteiger partial charge in [-0.2, -0.15) is 13.2 Å². The Morgan fingerprint density at radius 1 is 1.18 bits per heavy atom. The molecule has 0 amide bonds. The van der Waals surface area contributed by atoms with Crippen LogP contribution in [0.3, 0.4) is 0 Å². The second-order valence-electron chi connectivity index (χ2n) is 6.76. The maximum Gasteiger partial charge on any atom is 0.389 e. The summed E-state index contributed by atoms with van der Waals surface area (Å²) in [6.45, 7) is 2.60. The summed E-state index contributed by atoms with van der Waals surface area (Å²) < 4.78 is 42.3. The molecule has 4 nitrogen and oxygen atoms in total. The number of aliphatic hydroxyl groups is 2. The zero-order valence-corrected chi connectivity index (χ0v) is 12.8. The van der Waals surface area contributed by atoms with Crippen molar-refractivity contribution in [2.24, 2.45) is 5.92 Å². The van der Waals surface area contributed by atoms with Gasteiger partial charge in [-0.25, -0.2) is 0 Å². The maximum atomic E-state index is 12.4. The van der Waals surface area contributed by atoms with Crippen LogP contribution in [0.15, 0.2) is 0 Å². The van der Waals surface area contributed by atoms with Crippen molar-refractivity contribution in [1.82, 2.24) is 4.90 Å². The smallest absolute Gasteiger partial charge is 0.389 e. The number of hydrogen-bond donors (Lipinski definition) is 2. The average Bonchev–Trinajstić information content (AvgIpc) is 2.39. The van der Waals surface area contributed by atoms with Gasteiger partial charge in [-0.05, 0) is 44.7 Å². The molecule has 2 N–H and O–H groups in total. The molecule has 2 heterocycles. The predicted octanol–water partition coefficient (Wildman–Crippen LogP) is 1.94. The summed E-state index contributed by atoms with van der Waals surface area (Å²) in [6.07, 6.45) is -3.05. The van der Waals surface area contributed by atoms with Gasteiger partial charge in [-0.15, -0.1) is 0 Å². The molecule has 0 radical (unpaired) electrons. The lowest BCUT2D eigenvalue weighted by molar-refractivity contribution is -0.148. The van der Waals surface area contributed by atoms with Crippen molar-refractivity contribution in [3.05, 3.63) is 0 Å². The van der Waals surface area contributed by atoms with E-state index in [9.17, 15) is 23.4 Å². The number of halogens is 3. The molecule has 2 rings (SSSR count). The van der Waals surface area contributed by atoms with E-state index >= 15 is 0 Å². The molecule has 1 atom stereocenters. The maximum absolute atomic E-state index is 12.4. The van der Waals surface area contributed by atoms with Crippen molar-refractivity contribution in [2.75, 3.05) is 32.8 Å². The summed E-state index contributed by atoms with van der Waals surface area (Å²) in [5.74, 6) is -0.298. The van der Waals surface area contributed by atoms with Crippen LogP contribution >= 0.6 is 0 Å². The molecule has 2 aliphatic heterocycles. The molecule has 1 unspecified atom stereocenters. The molecule has 130 valence electrons. The number of aliphatic hydroxyl groups excluding tert-OH is 1. The summed E-state index contributed by atoms with van der Waals surface area (Å²) in [6, 6.07) is 0. The number of piperidine rings is 1. The highest BCUT2D eigenvalue weighted by atomic mass is 19.4. The summed E-state index contributed by atoms with van der Waals surface area (Å²) in [5, 5.41) is 20.5. The Bertz CT molecular complexity index is 337. The van der Waals surface area contributed by atoms with Crippen LogP contribution in [0.4, 0.5) is 13.2 Å². The van der Waals surface area contributed by atoms with Crippen molar-refractivity contribution in [2.45, 2.75) is 56.4 Å². The first-order valence-corrected chi connectivity index (χ1v) is 8.03. The molecule has 2 aliphatic rings. The molecule has 0 aromatic carbocycles. The Hall–Kier alpha value is -0.370. The Morgan fingerprint density at radius 2 is 1.77 bits per heavy atom. The molecule has 0 aliphatic carbocycles. The van der Waals surface area contributed by atoms with Gasteiger partial charge in [0.1, 0.15) is 0 Å².